The van der Waals surface area contributed by atoms with Gasteiger partial charge in [0.15, 0.2) is 11.9 Å². The first-order chi connectivity index (χ1) is 18.6. The van der Waals surface area contributed by atoms with Crippen LogP contribution in [-0.2, 0) is 11.3 Å². The molecule has 2 aromatic carbocycles. The van der Waals surface area contributed by atoms with Crippen LogP contribution < -0.4 is 5.32 Å². The Morgan fingerprint density at radius 3 is 2.42 bits per heavy atom. The van der Waals surface area contributed by atoms with Crippen LogP contribution in [0.25, 0.3) is 11.5 Å². The molecule has 1 atom stereocenters. The number of para-hydroxylation sites is 1. The van der Waals surface area contributed by atoms with Crippen LogP contribution in [0.15, 0.2) is 79.1 Å². The van der Waals surface area contributed by atoms with Crippen molar-refractivity contribution < 1.29 is 9.59 Å². The minimum absolute atomic E-state index is 0.123. The lowest BCUT2D eigenvalue weighted by Crippen LogP contribution is -2.46. The fraction of sp³-hybridized carbons (Fsp3) is 0.323. The molecular formula is C31H33N5O2. The minimum atomic E-state index is -0.765. The van der Waals surface area contributed by atoms with Crippen molar-refractivity contribution in [3.05, 3.63) is 102 Å². The maximum Gasteiger partial charge on any atom is 0.260 e. The summed E-state index contributed by atoms with van der Waals surface area (Å²) in [6.07, 6.45) is 10.2. The number of nitrogens with zero attached hydrogens (tertiary/aromatic N) is 4. The molecule has 0 spiro atoms. The van der Waals surface area contributed by atoms with E-state index in [4.69, 9.17) is 0 Å². The van der Waals surface area contributed by atoms with Gasteiger partial charge in [0.1, 0.15) is 5.56 Å². The number of hydrogen-bond donors (Lipinski definition) is 1. The molecule has 1 unspecified atom stereocenters. The molecule has 2 aliphatic rings. The van der Waals surface area contributed by atoms with Crippen molar-refractivity contribution in [2.45, 2.75) is 64.1 Å². The molecule has 4 aromatic rings. The fourth-order valence-corrected chi connectivity index (χ4v) is 5.76. The number of hydrogen-bond acceptors (Lipinski definition) is 3. The Balaban J connectivity index is 1.46. The molecule has 0 bridgehead atoms. The van der Waals surface area contributed by atoms with E-state index in [1.54, 1.807) is 15.8 Å². The summed E-state index contributed by atoms with van der Waals surface area (Å²) >= 11 is 0. The maximum atomic E-state index is 14.3. The standard InChI is InChI=1S/C31H33N5O2/c1-22-15-17-23(18-16-22)21-35-28(29(37)33-24-10-5-2-3-6-11-24)27-14-9-19-34(27)30-26(31(35)38)20-32-36(30)25-12-7-4-8-13-25/h4,7-9,12-20,24,28H,2-3,5-6,10-11,21H2,1H3,(H,33,37). The van der Waals surface area contributed by atoms with Gasteiger partial charge < -0.3 is 14.8 Å². The topological polar surface area (TPSA) is 72.2 Å². The van der Waals surface area contributed by atoms with E-state index < -0.39 is 6.04 Å². The fourth-order valence-electron chi connectivity index (χ4n) is 5.76. The summed E-state index contributed by atoms with van der Waals surface area (Å²) in [5, 5.41) is 7.94. The van der Waals surface area contributed by atoms with Gasteiger partial charge in [-0.3, -0.25) is 9.59 Å². The molecular weight excluding hydrogens is 474 g/mol. The Morgan fingerprint density at radius 2 is 1.68 bits per heavy atom. The molecule has 2 aromatic heterocycles. The molecule has 1 N–H and O–H groups in total. The summed E-state index contributed by atoms with van der Waals surface area (Å²) in [4.78, 5) is 30.1. The van der Waals surface area contributed by atoms with Crippen LogP contribution in [0, 0.1) is 6.92 Å². The number of carbonyl (C=O) groups excluding carboxylic acids is 2. The Labute approximate surface area is 223 Å². The van der Waals surface area contributed by atoms with E-state index >= 15 is 0 Å². The van der Waals surface area contributed by atoms with Gasteiger partial charge in [0, 0.05) is 18.8 Å². The highest BCUT2D eigenvalue weighted by Gasteiger charge is 2.40. The molecule has 1 aliphatic carbocycles. The summed E-state index contributed by atoms with van der Waals surface area (Å²) in [6, 6.07) is 21.2. The van der Waals surface area contributed by atoms with Gasteiger partial charge in [0.25, 0.3) is 5.91 Å². The number of aromatic nitrogens is 3. The predicted octanol–water partition coefficient (Wildman–Crippen LogP) is 5.51. The SMILES string of the molecule is Cc1ccc(CN2C(=O)c3cnn(-c4ccccc4)c3-n3cccc3C2C(=O)NC2CCCCCC2)cc1. The smallest absolute Gasteiger partial charge is 0.260 e. The number of aryl methyl sites for hydroxylation is 1. The molecule has 7 heteroatoms. The molecule has 7 nitrogen and oxygen atoms in total. The van der Waals surface area contributed by atoms with Crippen LogP contribution in [0.3, 0.4) is 0 Å². The average Bonchev–Trinajstić information content (AvgIpc) is 3.48. The summed E-state index contributed by atoms with van der Waals surface area (Å²) < 4.78 is 3.74. The maximum absolute atomic E-state index is 14.3. The first-order valence-electron chi connectivity index (χ1n) is 13.6. The normalized spacial score (nSPS) is 17.9. The van der Waals surface area contributed by atoms with Gasteiger partial charge in [0.2, 0.25) is 5.91 Å². The van der Waals surface area contributed by atoms with Crippen LogP contribution in [-0.4, -0.2) is 37.1 Å². The van der Waals surface area contributed by atoms with Crippen molar-refractivity contribution in [1.82, 2.24) is 24.6 Å². The van der Waals surface area contributed by atoms with Crippen molar-refractivity contribution in [1.29, 1.82) is 0 Å². The second kappa shape index (κ2) is 10.3. The van der Waals surface area contributed by atoms with Crippen molar-refractivity contribution in [3.63, 3.8) is 0 Å². The van der Waals surface area contributed by atoms with Crippen LogP contribution in [0.5, 0.6) is 0 Å². The number of nitrogens with one attached hydrogen (secondary N) is 1. The highest BCUT2D eigenvalue weighted by atomic mass is 16.2. The molecule has 6 rings (SSSR count). The molecule has 0 saturated heterocycles. The second-order valence-electron chi connectivity index (χ2n) is 10.5. The first-order valence-corrected chi connectivity index (χ1v) is 13.6. The van der Waals surface area contributed by atoms with E-state index in [1.807, 2.05) is 84.4 Å². The monoisotopic (exact) mass is 507 g/mol. The van der Waals surface area contributed by atoms with Gasteiger partial charge in [-0.2, -0.15) is 5.10 Å². The number of carbonyl (C=O) groups is 2. The number of fused-ring (bicyclic) bond motifs is 3. The Bertz CT molecular complexity index is 1430. The van der Waals surface area contributed by atoms with Gasteiger partial charge in [-0.05, 0) is 49.6 Å². The molecule has 3 heterocycles. The van der Waals surface area contributed by atoms with Crippen LogP contribution in [0.4, 0.5) is 0 Å². The van der Waals surface area contributed by atoms with Gasteiger partial charge >= 0.3 is 0 Å². The summed E-state index contributed by atoms with van der Waals surface area (Å²) in [7, 11) is 0. The van der Waals surface area contributed by atoms with Gasteiger partial charge in [-0.25, -0.2) is 4.68 Å². The molecule has 2 amide bonds. The quantitative estimate of drug-likeness (QED) is 0.362. The van der Waals surface area contributed by atoms with E-state index in [0.717, 1.165) is 48.2 Å². The second-order valence-corrected chi connectivity index (χ2v) is 10.5. The molecule has 1 saturated carbocycles. The third-order valence-electron chi connectivity index (χ3n) is 7.76. The highest BCUT2D eigenvalue weighted by Crippen LogP contribution is 2.35. The molecule has 1 aliphatic heterocycles. The van der Waals surface area contributed by atoms with Crippen LogP contribution in [0.1, 0.15) is 71.7 Å². The summed E-state index contributed by atoms with van der Waals surface area (Å²) in [5.41, 5.74) is 4.22. The highest BCUT2D eigenvalue weighted by molar-refractivity contribution is 6.01. The summed E-state index contributed by atoms with van der Waals surface area (Å²) in [5.74, 6) is 0.328. The molecule has 194 valence electrons. The first kappa shape index (κ1) is 24.2. The minimum Gasteiger partial charge on any atom is -0.351 e. The van der Waals surface area contributed by atoms with Crippen molar-refractivity contribution in [2.24, 2.45) is 0 Å². The third-order valence-corrected chi connectivity index (χ3v) is 7.76. The summed E-state index contributed by atoms with van der Waals surface area (Å²) in [6.45, 7) is 2.37. The average molecular weight is 508 g/mol. The van der Waals surface area contributed by atoms with Gasteiger partial charge in [-0.15, -0.1) is 0 Å². The van der Waals surface area contributed by atoms with Crippen molar-refractivity contribution >= 4 is 11.8 Å². The van der Waals surface area contributed by atoms with Gasteiger partial charge in [-0.1, -0.05) is 73.7 Å². The Kier molecular flexibility index (Phi) is 6.58. The molecule has 38 heavy (non-hydrogen) atoms. The van der Waals surface area contributed by atoms with E-state index in [1.165, 1.54) is 12.8 Å². The zero-order valence-corrected chi connectivity index (χ0v) is 21.7. The van der Waals surface area contributed by atoms with Crippen LogP contribution in [0.2, 0.25) is 0 Å². The third kappa shape index (κ3) is 4.53. The zero-order valence-electron chi connectivity index (χ0n) is 21.7. The Hall–Kier alpha value is -4.13. The van der Waals surface area contributed by atoms with E-state index in [9.17, 15) is 9.59 Å². The molecule has 1 fully saturated rings. The lowest BCUT2D eigenvalue weighted by Gasteiger charge is -2.31. The number of benzene rings is 2. The van der Waals surface area contributed by atoms with E-state index in [0.29, 0.717) is 17.9 Å². The van der Waals surface area contributed by atoms with Crippen LogP contribution >= 0.6 is 0 Å². The van der Waals surface area contributed by atoms with Gasteiger partial charge in [0.05, 0.1) is 17.6 Å². The lowest BCUT2D eigenvalue weighted by atomic mass is 10.1. The lowest BCUT2D eigenvalue weighted by molar-refractivity contribution is -0.127. The van der Waals surface area contributed by atoms with Crippen molar-refractivity contribution in [2.75, 3.05) is 0 Å². The Morgan fingerprint density at radius 1 is 0.947 bits per heavy atom. The largest absolute Gasteiger partial charge is 0.351 e. The number of amides is 2. The number of rotatable bonds is 5. The predicted molar refractivity (Wildman–Crippen MR) is 146 cm³/mol. The zero-order chi connectivity index (χ0) is 26.1. The van der Waals surface area contributed by atoms with Crippen molar-refractivity contribution in [3.8, 4) is 11.5 Å². The molecule has 0 radical (unpaired) electrons. The van der Waals surface area contributed by atoms with E-state index in [-0.39, 0.29) is 17.9 Å². The van der Waals surface area contributed by atoms with E-state index in [2.05, 4.69) is 10.4 Å².